The third kappa shape index (κ3) is 6.17. The number of nitrogens with one attached hydrogen (secondary N) is 2. The summed E-state index contributed by atoms with van der Waals surface area (Å²) in [5.74, 6) is 0.200. The standard InChI is InChI=1S/C22H22ClN5O4S/c23-15-3-5-16(6-4-15)25-19(30)20-26-27-21(33-20)22(31)28-9-7-14(8-10-28)12-18(29)24-13-17-2-1-11-32-17/h1-6,11,14H,7-10,12-13H2,(H,24,29)(H,25,30). The summed E-state index contributed by atoms with van der Waals surface area (Å²) in [5.41, 5.74) is 0.572. The number of carbonyl (C=O) groups is 3. The first-order valence-corrected chi connectivity index (χ1v) is 11.7. The first-order chi connectivity index (χ1) is 16.0. The molecule has 2 N–H and O–H groups in total. The number of benzene rings is 1. The van der Waals surface area contributed by atoms with Crippen molar-refractivity contribution in [2.75, 3.05) is 18.4 Å². The molecule has 1 fully saturated rings. The van der Waals surface area contributed by atoms with Gasteiger partial charge in [0.25, 0.3) is 11.8 Å². The lowest BCUT2D eigenvalue weighted by atomic mass is 9.93. The smallest absolute Gasteiger partial charge is 0.286 e. The van der Waals surface area contributed by atoms with Crippen LogP contribution in [0.25, 0.3) is 0 Å². The maximum absolute atomic E-state index is 12.8. The van der Waals surface area contributed by atoms with Gasteiger partial charge in [0.15, 0.2) is 0 Å². The van der Waals surface area contributed by atoms with Gasteiger partial charge in [-0.25, -0.2) is 0 Å². The molecule has 172 valence electrons. The molecule has 0 bridgehead atoms. The Bertz CT molecular complexity index is 1110. The largest absolute Gasteiger partial charge is 0.467 e. The topological polar surface area (TPSA) is 117 Å². The van der Waals surface area contributed by atoms with E-state index in [1.54, 1.807) is 41.5 Å². The van der Waals surface area contributed by atoms with Crippen LogP contribution in [0.15, 0.2) is 47.1 Å². The van der Waals surface area contributed by atoms with Crippen LogP contribution >= 0.6 is 22.9 Å². The van der Waals surface area contributed by atoms with Gasteiger partial charge in [-0.2, -0.15) is 0 Å². The van der Waals surface area contributed by atoms with E-state index in [4.69, 9.17) is 16.0 Å². The lowest BCUT2D eigenvalue weighted by molar-refractivity contribution is -0.122. The van der Waals surface area contributed by atoms with Crippen molar-refractivity contribution in [3.05, 3.63) is 63.5 Å². The van der Waals surface area contributed by atoms with Crippen molar-refractivity contribution in [2.45, 2.75) is 25.8 Å². The third-order valence-corrected chi connectivity index (χ3v) is 6.48. The summed E-state index contributed by atoms with van der Waals surface area (Å²) < 4.78 is 5.21. The second-order valence-corrected chi connectivity index (χ2v) is 9.08. The molecule has 3 heterocycles. The van der Waals surface area contributed by atoms with Crippen molar-refractivity contribution < 1.29 is 18.8 Å². The van der Waals surface area contributed by atoms with E-state index in [-0.39, 0.29) is 27.7 Å². The molecule has 0 aliphatic carbocycles. The van der Waals surface area contributed by atoms with E-state index in [9.17, 15) is 14.4 Å². The van der Waals surface area contributed by atoms with E-state index in [0.29, 0.717) is 42.5 Å². The zero-order valence-corrected chi connectivity index (χ0v) is 19.2. The monoisotopic (exact) mass is 487 g/mol. The first kappa shape index (κ1) is 22.9. The lowest BCUT2D eigenvalue weighted by Gasteiger charge is -2.31. The van der Waals surface area contributed by atoms with Crippen LogP contribution in [0.3, 0.4) is 0 Å². The predicted molar refractivity (Wildman–Crippen MR) is 123 cm³/mol. The van der Waals surface area contributed by atoms with E-state index in [2.05, 4.69) is 20.8 Å². The summed E-state index contributed by atoms with van der Waals surface area (Å²) in [4.78, 5) is 39.0. The fourth-order valence-corrected chi connectivity index (χ4v) is 4.36. The van der Waals surface area contributed by atoms with Gasteiger partial charge < -0.3 is 20.0 Å². The van der Waals surface area contributed by atoms with Crippen LogP contribution in [0, 0.1) is 5.92 Å². The minimum atomic E-state index is -0.437. The van der Waals surface area contributed by atoms with Crippen molar-refractivity contribution in [3.63, 3.8) is 0 Å². The van der Waals surface area contributed by atoms with Gasteiger partial charge >= 0.3 is 0 Å². The summed E-state index contributed by atoms with van der Waals surface area (Å²) in [6.45, 7) is 1.43. The SMILES string of the molecule is O=C(CC1CCN(C(=O)c2nnc(C(=O)Nc3ccc(Cl)cc3)s2)CC1)NCc1ccco1. The van der Waals surface area contributed by atoms with Gasteiger partial charge in [-0.05, 0) is 55.2 Å². The summed E-state index contributed by atoms with van der Waals surface area (Å²) in [5, 5.41) is 14.2. The van der Waals surface area contributed by atoms with E-state index in [0.717, 1.165) is 24.2 Å². The third-order valence-electron chi connectivity index (χ3n) is 5.32. The zero-order valence-electron chi connectivity index (χ0n) is 17.6. The molecule has 0 radical (unpaired) electrons. The number of anilines is 1. The fourth-order valence-electron chi connectivity index (χ4n) is 3.53. The van der Waals surface area contributed by atoms with Gasteiger partial charge in [0.05, 0.1) is 12.8 Å². The summed E-state index contributed by atoms with van der Waals surface area (Å²) in [6, 6.07) is 10.3. The maximum Gasteiger partial charge on any atom is 0.286 e. The van der Waals surface area contributed by atoms with Crippen molar-refractivity contribution in [1.29, 1.82) is 0 Å². The Morgan fingerprint density at radius 1 is 1.09 bits per heavy atom. The van der Waals surface area contributed by atoms with Crippen molar-refractivity contribution in [2.24, 2.45) is 5.92 Å². The minimum Gasteiger partial charge on any atom is -0.467 e. The van der Waals surface area contributed by atoms with Crippen LogP contribution in [-0.4, -0.2) is 45.9 Å². The molecule has 3 amide bonds. The number of rotatable bonds is 7. The second-order valence-electron chi connectivity index (χ2n) is 7.67. The Morgan fingerprint density at radius 3 is 2.52 bits per heavy atom. The van der Waals surface area contributed by atoms with E-state index in [1.165, 1.54) is 0 Å². The van der Waals surface area contributed by atoms with Gasteiger partial charge in [-0.15, -0.1) is 10.2 Å². The second kappa shape index (κ2) is 10.6. The number of hydrogen-bond donors (Lipinski definition) is 2. The number of piperidine rings is 1. The molecule has 1 saturated heterocycles. The number of furan rings is 1. The molecular weight excluding hydrogens is 466 g/mol. The maximum atomic E-state index is 12.8. The molecule has 0 saturated carbocycles. The highest BCUT2D eigenvalue weighted by molar-refractivity contribution is 7.15. The van der Waals surface area contributed by atoms with Gasteiger partial charge in [-0.1, -0.05) is 22.9 Å². The Kier molecular flexibility index (Phi) is 7.36. The Morgan fingerprint density at radius 2 is 1.82 bits per heavy atom. The fraction of sp³-hybridized carbons (Fsp3) is 0.318. The molecule has 1 aromatic carbocycles. The van der Waals surface area contributed by atoms with Crippen molar-refractivity contribution in [1.82, 2.24) is 20.4 Å². The van der Waals surface area contributed by atoms with Gasteiger partial charge in [-0.3, -0.25) is 14.4 Å². The number of nitrogens with zero attached hydrogens (tertiary/aromatic N) is 3. The predicted octanol–water partition coefficient (Wildman–Crippen LogP) is 3.60. The molecule has 0 atom stereocenters. The molecule has 33 heavy (non-hydrogen) atoms. The molecule has 1 aliphatic heterocycles. The van der Waals surface area contributed by atoms with Crippen LogP contribution in [0.4, 0.5) is 5.69 Å². The van der Waals surface area contributed by atoms with Crippen LogP contribution < -0.4 is 10.6 Å². The molecule has 0 unspecified atom stereocenters. The zero-order chi connectivity index (χ0) is 23.2. The Labute approximate surface area is 199 Å². The minimum absolute atomic E-state index is 0.0309. The normalized spacial score (nSPS) is 14.2. The van der Waals surface area contributed by atoms with Gasteiger partial charge in [0.2, 0.25) is 15.9 Å². The molecule has 4 rings (SSSR count). The molecule has 2 aromatic heterocycles. The van der Waals surface area contributed by atoms with Crippen molar-refractivity contribution in [3.8, 4) is 0 Å². The highest BCUT2D eigenvalue weighted by Crippen LogP contribution is 2.23. The van der Waals surface area contributed by atoms with Gasteiger partial charge in [0.1, 0.15) is 5.76 Å². The molecule has 11 heteroatoms. The van der Waals surface area contributed by atoms with E-state index >= 15 is 0 Å². The quantitative estimate of drug-likeness (QED) is 0.525. The molecule has 9 nitrogen and oxygen atoms in total. The highest BCUT2D eigenvalue weighted by Gasteiger charge is 2.28. The van der Waals surface area contributed by atoms with E-state index < -0.39 is 5.91 Å². The summed E-state index contributed by atoms with van der Waals surface area (Å²) in [7, 11) is 0. The molecular formula is C22H22ClN5O4S. The number of halogens is 1. The lowest BCUT2D eigenvalue weighted by Crippen LogP contribution is -2.39. The van der Waals surface area contributed by atoms with Gasteiger partial charge in [0, 0.05) is 30.2 Å². The van der Waals surface area contributed by atoms with Crippen LogP contribution in [-0.2, 0) is 11.3 Å². The molecule has 0 spiro atoms. The number of hydrogen-bond acceptors (Lipinski definition) is 7. The summed E-state index contributed by atoms with van der Waals surface area (Å²) >= 11 is 6.80. The van der Waals surface area contributed by atoms with Crippen molar-refractivity contribution >= 4 is 46.3 Å². The number of carbonyl (C=O) groups excluding carboxylic acids is 3. The number of likely N-dealkylation sites (tertiary alicyclic amines) is 1. The first-order valence-electron chi connectivity index (χ1n) is 10.5. The molecule has 3 aromatic rings. The van der Waals surface area contributed by atoms with Crippen LogP contribution in [0.2, 0.25) is 5.02 Å². The van der Waals surface area contributed by atoms with Crippen LogP contribution in [0.1, 0.15) is 44.6 Å². The van der Waals surface area contributed by atoms with E-state index in [1.807, 2.05) is 6.07 Å². The summed E-state index contributed by atoms with van der Waals surface area (Å²) in [6.07, 6.45) is 3.43. The average molecular weight is 488 g/mol. The Balaban J connectivity index is 1.24. The Hall–Kier alpha value is -3.24. The number of aromatic nitrogens is 2. The highest BCUT2D eigenvalue weighted by atomic mass is 35.5. The molecule has 1 aliphatic rings. The van der Waals surface area contributed by atoms with Crippen LogP contribution in [0.5, 0.6) is 0 Å². The average Bonchev–Trinajstić information content (AvgIpc) is 3.52. The number of amides is 3.